The highest BCUT2D eigenvalue weighted by Gasteiger charge is 2.22. The summed E-state index contributed by atoms with van der Waals surface area (Å²) in [6, 6.07) is 94.0. The monoisotopic (exact) mass is 1040 g/mol. The van der Waals surface area contributed by atoms with E-state index in [2.05, 4.69) is 207 Å². The first-order valence-corrected chi connectivity index (χ1v) is 27.7. The van der Waals surface area contributed by atoms with Crippen LogP contribution in [0.15, 0.2) is 301 Å². The van der Waals surface area contributed by atoms with Crippen LogP contribution in [0.25, 0.3) is 77.5 Å². The molecule has 0 N–H and O–H groups in total. The van der Waals surface area contributed by atoms with Gasteiger partial charge >= 0.3 is 0 Å². The third-order valence-corrected chi connectivity index (χ3v) is 16.6. The number of para-hydroxylation sites is 6. The van der Waals surface area contributed by atoms with Crippen LogP contribution in [0, 0.1) is 0 Å². The molecule has 0 saturated heterocycles. The molecule has 0 spiro atoms. The van der Waals surface area contributed by atoms with E-state index in [4.69, 9.17) is 9.97 Å². The van der Waals surface area contributed by atoms with E-state index in [-0.39, 0.29) is 9.79 Å². The Morgan fingerprint density at radius 3 is 1.18 bits per heavy atom. The van der Waals surface area contributed by atoms with Crippen molar-refractivity contribution in [2.24, 2.45) is 0 Å². The van der Waals surface area contributed by atoms with Gasteiger partial charge in [0.25, 0.3) is 0 Å². The van der Waals surface area contributed by atoms with Crippen LogP contribution in [0.1, 0.15) is 0 Å². The molecule has 0 fully saturated rings. The number of sulfone groups is 1. The highest BCUT2D eigenvalue weighted by atomic mass is 32.2. The normalized spacial score (nSPS) is 11.6. The molecule has 0 unspecified atom stereocenters. The summed E-state index contributed by atoms with van der Waals surface area (Å²) in [6.45, 7) is 0. The maximum Gasteiger partial charge on any atom is 0.206 e. The molecule has 4 aromatic heterocycles. The number of hydrogen-bond acceptors (Lipinski definition) is 6. The van der Waals surface area contributed by atoms with Crippen molar-refractivity contribution in [2.75, 3.05) is 9.80 Å². The summed E-state index contributed by atoms with van der Waals surface area (Å²) in [4.78, 5) is 14.9. The highest BCUT2D eigenvalue weighted by Crippen LogP contribution is 2.42. The second-order valence-electron chi connectivity index (χ2n) is 19.5. The van der Waals surface area contributed by atoms with Crippen LogP contribution < -0.4 is 9.80 Å². The molecule has 14 aromatic rings. The Balaban J connectivity index is 0.704. The molecule has 8 nitrogen and oxygen atoms in total. The van der Waals surface area contributed by atoms with E-state index in [1.807, 2.05) is 79.1 Å². The second kappa shape index (κ2) is 19.7. The quantitative estimate of drug-likeness (QED) is 0.121. The predicted octanol–water partition coefficient (Wildman–Crippen LogP) is 17.8. The van der Waals surface area contributed by atoms with Gasteiger partial charge in [0.2, 0.25) is 9.84 Å². The van der Waals surface area contributed by atoms with Gasteiger partial charge in [-0.05, 0) is 151 Å². The molecule has 376 valence electrons. The van der Waals surface area contributed by atoms with E-state index in [1.54, 1.807) is 24.3 Å². The first-order chi connectivity index (χ1) is 38.9. The molecular weight excluding hydrogens is 989 g/mol. The van der Waals surface area contributed by atoms with Crippen LogP contribution in [-0.2, 0) is 9.84 Å². The standard InChI is InChI=1S/C70H48N6O2S/c77-79(78,59-37-29-49(30-38-59)51-33-44-70(72-47-51)76-67-28-16-14-26-62(67)64-46-57(36-43-69(64)76)74(54-21-9-3-10-22-54)55-23-11-4-12-24-55)60-39-31-50(32-40-60)65-41-34-58(48-71-65)75-66-27-15-13-25-61(66)63-45-56(35-42-68(63)75)73(52-17-5-1-6-18-52)53-19-7-2-8-20-53/h1-48H. The summed E-state index contributed by atoms with van der Waals surface area (Å²) in [5.74, 6) is 0.784. The number of aromatic nitrogens is 4. The number of benzene rings is 10. The molecule has 0 aliphatic carbocycles. The molecule has 0 aliphatic rings. The van der Waals surface area contributed by atoms with Crippen LogP contribution in [-0.4, -0.2) is 27.5 Å². The fourth-order valence-corrected chi connectivity index (χ4v) is 12.3. The first-order valence-electron chi connectivity index (χ1n) is 26.2. The van der Waals surface area contributed by atoms with E-state index >= 15 is 0 Å². The Morgan fingerprint density at radius 1 is 0.304 bits per heavy atom. The first kappa shape index (κ1) is 47.1. The number of fused-ring (bicyclic) bond motifs is 6. The van der Waals surface area contributed by atoms with Gasteiger partial charge in [-0.1, -0.05) is 133 Å². The van der Waals surface area contributed by atoms with Crippen molar-refractivity contribution in [1.82, 2.24) is 19.1 Å². The summed E-state index contributed by atoms with van der Waals surface area (Å²) in [7, 11) is -3.82. The van der Waals surface area contributed by atoms with E-state index < -0.39 is 9.84 Å². The van der Waals surface area contributed by atoms with Crippen LogP contribution >= 0.6 is 0 Å². The summed E-state index contributed by atoms with van der Waals surface area (Å²) in [5.41, 5.74) is 14.9. The maximum atomic E-state index is 14.1. The van der Waals surface area contributed by atoms with Gasteiger partial charge < -0.3 is 14.4 Å². The van der Waals surface area contributed by atoms with Gasteiger partial charge in [0.15, 0.2) is 0 Å². The third kappa shape index (κ3) is 8.46. The second-order valence-corrected chi connectivity index (χ2v) is 21.4. The zero-order valence-electron chi connectivity index (χ0n) is 42.6. The van der Waals surface area contributed by atoms with Gasteiger partial charge in [0.1, 0.15) is 5.82 Å². The smallest absolute Gasteiger partial charge is 0.206 e. The van der Waals surface area contributed by atoms with Crippen molar-refractivity contribution < 1.29 is 8.42 Å². The third-order valence-electron chi connectivity index (χ3n) is 14.8. The summed E-state index contributed by atoms with van der Waals surface area (Å²) in [5, 5.41) is 4.53. The number of pyridine rings is 2. The van der Waals surface area contributed by atoms with Crippen LogP contribution in [0.2, 0.25) is 0 Å². The summed E-state index contributed by atoms with van der Waals surface area (Å²) < 4.78 is 32.6. The van der Waals surface area contributed by atoms with Crippen molar-refractivity contribution in [1.29, 1.82) is 0 Å². The van der Waals surface area contributed by atoms with E-state index in [0.29, 0.717) is 0 Å². The van der Waals surface area contributed by atoms with Gasteiger partial charge in [-0.3, -0.25) is 9.55 Å². The predicted molar refractivity (Wildman–Crippen MR) is 323 cm³/mol. The largest absolute Gasteiger partial charge is 0.310 e. The van der Waals surface area contributed by atoms with E-state index in [0.717, 1.165) is 112 Å². The lowest BCUT2D eigenvalue weighted by molar-refractivity contribution is 0.596. The molecule has 9 heteroatoms. The van der Waals surface area contributed by atoms with E-state index in [1.165, 1.54) is 0 Å². The number of nitrogens with zero attached hydrogens (tertiary/aromatic N) is 6. The Bertz CT molecular complexity index is 4250. The van der Waals surface area contributed by atoms with Crippen LogP contribution in [0.3, 0.4) is 0 Å². The molecule has 0 radical (unpaired) electrons. The Kier molecular flexibility index (Phi) is 11.7. The molecular formula is C70H48N6O2S. The lowest BCUT2D eigenvalue weighted by atomic mass is 10.1. The van der Waals surface area contributed by atoms with Crippen molar-refractivity contribution >= 4 is 87.6 Å². The van der Waals surface area contributed by atoms with Gasteiger partial charge in [-0.25, -0.2) is 13.4 Å². The van der Waals surface area contributed by atoms with Crippen molar-refractivity contribution in [3.05, 3.63) is 291 Å². The number of hydrogen-bond donors (Lipinski definition) is 0. The zero-order chi connectivity index (χ0) is 52.9. The minimum atomic E-state index is -3.82. The molecule has 79 heavy (non-hydrogen) atoms. The van der Waals surface area contributed by atoms with Crippen LogP contribution in [0.4, 0.5) is 34.1 Å². The Morgan fingerprint density at radius 2 is 0.722 bits per heavy atom. The molecule has 0 bridgehead atoms. The van der Waals surface area contributed by atoms with Gasteiger partial charge in [0, 0.05) is 73.0 Å². The molecule has 0 saturated carbocycles. The average Bonchev–Trinajstić information content (AvgIpc) is 4.25. The fraction of sp³-hybridized carbons (Fsp3) is 0. The van der Waals surface area contributed by atoms with Gasteiger partial charge in [0.05, 0.1) is 49.4 Å². The maximum absolute atomic E-state index is 14.1. The van der Waals surface area contributed by atoms with Crippen molar-refractivity contribution in [3.63, 3.8) is 0 Å². The minimum Gasteiger partial charge on any atom is -0.310 e. The average molecular weight is 1040 g/mol. The Labute approximate surface area is 457 Å². The van der Waals surface area contributed by atoms with Gasteiger partial charge in [-0.2, -0.15) is 0 Å². The number of anilines is 6. The minimum absolute atomic E-state index is 0.209. The molecule has 0 atom stereocenters. The zero-order valence-corrected chi connectivity index (χ0v) is 43.4. The summed E-state index contributed by atoms with van der Waals surface area (Å²) >= 11 is 0. The lowest BCUT2D eigenvalue weighted by Crippen LogP contribution is -2.09. The molecule has 0 amide bonds. The van der Waals surface area contributed by atoms with Crippen molar-refractivity contribution in [2.45, 2.75) is 9.79 Å². The van der Waals surface area contributed by atoms with Gasteiger partial charge in [-0.15, -0.1) is 0 Å². The SMILES string of the molecule is O=S(=O)(c1ccc(-c2ccc(-n3c4ccccc4c4cc(N(c5ccccc5)c5ccccc5)ccc43)nc2)cc1)c1ccc(-c2ccc(-n3c4ccccc4c4cc(N(c5ccccc5)c5ccccc5)ccc43)cn2)cc1. The topological polar surface area (TPSA) is 76.3 Å². The number of rotatable bonds is 12. The lowest BCUT2D eigenvalue weighted by Gasteiger charge is -2.25. The van der Waals surface area contributed by atoms with Crippen LogP contribution in [0.5, 0.6) is 0 Å². The summed E-state index contributed by atoms with van der Waals surface area (Å²) in [6.07, 6.45) is 3.74. The molecule has 4 heterocycles. The Hall–Kier alpha value is -10.4. The molecule has 14 rings (SSSR count). The molecule has 10 aromatic carbocycles. The fourth-order valence-electron chi connectivity index (χ4n) is 11.1. The highest BCUT2D eigenvalue weighted by molar-refractivity contribution is 7.91. The molecule has 0 aliphatic heterocycles. The van der Waals surface area contributed by atoms with E-state index in [9.17, 15) is 8.42 Å². The van der Waals surface area contributed by atoms with Crippen molar-refractivity contribution in [3.8, 4) is 33.9 Å².